The lowest BCUT2D eigenvalue weighted by Gasteiger charge is -2.61. The summed E-state index contributed by atoms with van der Waals surface area (Å²) in [5.41, 5.74) is 1.31. The SMILES string of the molecule is CC(C)CCC[C@@H](C)[C@H]1CC[C@H]2[C@@H]3CC[C@@H]4C[C@@H](N(C)C)CC[C@]4(C)[C@H]3CC[C@]12C. The average Bonchev–Trinajstić information content (AvgIpc) is 3.04. The summed E-state index contributed by atoms with van der Waals surface area (Å²) in [4.78, 5) is 2.52. The first kappa shape index (κ1) is 23.1. The maximum absolute atomic E-state index is 2.75. The van der Waals surface area contributed by atoms with Crippen LogP contribution in [-0.2, 0) is 0 Å². The fourth-order valence-corrected chi connectivity index (χ4v) is 9.73. The molecule has 4 aliphatic carbocycles. The second-order valence-electron chi connectivity index (χ2n) is 13.6. The molecule has 174 valence electrons. The van der Waals surface area contributed by atoms with Crippen LogP contribution in [0.25, 0.3) is 0 Å². The molecule has 4 saturated carbocycles. The van der Waals surface area contributed by atoms with Crippen molar-refractivity contribution < 1.29 is 0 Å². The molecule has 0 heterocycles. The molecule has 0 radical (unpaired) electrons. The van der Waals surface area contributed by atoms with Gasteiger partial charge < -0.3 is 4.90 Å². The molecule has 0 aliphatic heterocycles. The van der Waals surface area contributed by atoms with E-state index in [-0.39, 0.29) is 0 Å². The standard InChI is InChI=1S/C29H53N/c1-20(2)9-8-10-21(3)25-13-14-26-24-12-11-22-19-23(30(6)7)15-17-28(22,4)27(24)16-18-29(25,26)5/h20-27H,8-19H2,1-7H3/t21-,22-,23+,24+,25-,26+,27+,28+,29-/m1/s1. The van der Waals surface area contributed by atoms with Crippen LogP contribution in [0.3, 0.4) is 0 Å². The largest absolute Gasteiger partial charge is 0.306 e. The molecule has 0 amide bonds. The molecule has 1 nitrogen and oxygen atoms in total. The van der Waals surface area contributed by atoms with Crippen LogP contribution in [0.2, 0.25) is 0 Å². The van der Waals surface area contributed by atoms with Gasteiger partial charge in [0.05, 0.1) is 0 Å². The molecule has 0 saturated heterocycles. The van der Waals surface area contributed by atoms with Crippen LogP contribution in [-0.4, -0.2) is 25.0 Å². The second kappa shape index (κ2) is 8.72. The molecule has 0 bridgehead atoms. The molecule has 4 aliphatic rings. The zero-order valence-electron chi connectivity index (χ0n) is 21.6. The van der Waals surface area contributed by atoms with Crippen LogP contribution in [0.1, 0.15) is 112 Å². The Bertz CT molecular complexity index is 581. The molecule has 0 unspecified atom stereocenters. The molecule has 0 aromatic rings. The van der Waals surface area contributed by atoms with Gasteiger partial charge in [-0.05, 0) is 124 Å². The first-order valence-corrected chi connectivity index (χ1v) is 13.8. The third-order valence-electron chi connectivity index (χ3n) is 11.6. The van der Waals surface area contributed by atoms with E-state index >= 15 is 0 Å². The fraction of sp³-hybridized carbons (Fsp3) is 1.00. The van der Waals surface area contributed by atoms with E-state index in [2.05, 4.69) is 53.6 Å². The topological polar surface area (TPSA) is 3.24 Å². The molecule has 4 rings (SSSR count). The van der Waals surface area contributed by atoms with E-state index in [0.29, 0.717) is 10.8 Å². The number of fused-ring (bicyclic) bond motifs is 5. The van der Waals surface area contributed by atoms with Crippen LogP contribution in [0.4, 0.5) is 0 Å². The summed E-state index contributed by atoms with van der Waals surface area (Å²) in [7, 11) is 4.62. The molecule has 4 fully saturated rings. The highest BCUT2D eigenvalue weighted by molar-refractivity contribution is 5.10. The zero-order valence-corrected chi connectivity index (χ0v) is 21.6. The first-order chi connectivity index (χ1) is 14.2. The summed E-state index contributed by atoms with van der Waals surface area (Å²) in [5.74, 6) is 6.94. The van der Waals surface area contributed by atoms with Crippen LogP contribution < -0.4 is 0 Å². The van der Waals surface area contributed by atoms with Gasteiger partial charge in [-0.1, -0.05) is 53.9 Å². The minimum atomic E-state index is 0.651. The monoisotopic (exact) mass is 415 g/mol. The van der Waals surface area contributed by atoms with Gasteiger partial charge in [-0.3, -0.25) is 0 Å². The van der Waals surface area contributed by atoms with Gasteiger partial charge in [-0.25, -0.2) is 0 Å². The smallest absolute Gasteiger partial charge is 0.00922 e. The van der Waals surface area contributed by atoms with Gasteiger partial charge in [0, 0.05) is 6.04 Å². The lowest BCUT2D eigenvalue weighted by atomic mass is 9.44. The van der Waals surface area contributed by atoms with Crippen molar-refractivity contribution in [1.82, 2.24) is 4.90 Å². The van der Waals surface area contributed by atoms with Crippen molar-refractivity contribution in [3.8, 4) is 0 Å². The number of rotatable bonds is 6. The summed E-state index contributed by atoms with van der Waals surface area (Å²) in [6, 6.07) is 0.844. The predicted molar refractivity (Wildman–Crippen MR) is 131 cm³/mol. The summed E-state index contributed by atoms with van der Waals surface area (Å²) < 4.78 is 0. The molecule has 0 spiro atoms. The Balaban J connectivity index is 1.45. The Hall–Kier alpha value is -0.0400. The molecule has 0 aromatic carbocycles. The highest BCUT2D eigenvalue weighted by Gasteiger charge is 2.60. The summed E-state index contributed by atoms with van der Waals surface area (Å²) in [6.45, 7) is 12.9. The van der Waals surface area contributed by atoms with Gasteiger partial charge >= 0.3 is 0 Å². The Labute approximate surface area is 189 Å². The first-order valence-electron chi connectivity index (χ1n) is 13.8. The fourth-order valence-electron chi connectivity index (χ4n) is 9.73. The van der Waals surface area contributed by atoms with Gasteiger partial charge in [0.1, 0.15) is 0 Å². The lowest BCUT2D eigenvalue weighted by molar-refractivity contribution is -0.122. The van der Waals surface area contributed by atoms with Crippen LogP contribution >= 0.6 is 0 Å². The van der Waals surface area contributed by atoms with Crippen LogP contribution in [0, 0.1) is 52.3 Å². The van der Waals surface area contributed by atoms with Crippen LogP contribution in [0.5, 0.6) is 0 Å². The van der Waals surface area contributed by atoms with Gasteiger partial charge in [-0.15, -0.1) is 0 Å². The zero-order chi connectivity index (χ0) is 21.7. The summed E-state index contributed by atoms with van der Waals surface area (Å²) >= 11 is 0. The van der Waals surface area contributed by atoms with Crippen molar-refractivity contribution in [2.45, 2.75) is 118 Å². The number of hydrogen-bond acceptors (Lipinski definition) is 1. The van der Waals surface area contributed by atoms with Crippen molar-refractivity contribution in [2.24, 2.45) is 52.3 Å². The van der Waals surface area contributed by atoms with E-state index in [1.165, 1.54) is 57.8 Å². The minimum absolute atomic E-state index is 0.651. The van der Waals surface area contributed by atoms with Crippen molar-refractivity contribution in [3.63, 3.8) is 0 Å². The molecule has 30 heavy (non-hydrogen) atoms. The highest BCUT2D eigenvalue weighted by atomic mass is 15.1. The van der Waals surface area contributed by atoms with Gasteiger partial charge in [0.15, 0.2) is 0 Å². The third kappa shape index (κ3) is 3.92. The molecular weight excluding hydrogens is 362 g/mol. The Morgan fingerprint density at radius 2 is 1.50 bits per heavy atom. The molecular formula is C29H53N. The van der Waals surface area contributed by atoms with E-state index in [9.17, 15) is 0 Å². The highest BCUT2D eigenvalue weighted by Crippen LogP contribution is 2.68. The van der Waals surface area contributed by atoms with Crippen molar-refractivity contribution in [1.29, 1.82) is 0 Å². The van der Waals surface area contributed by atoms with E-state index in [0.717, 1.165) is 47.5 Å². The minimum Gasteiger partial charge on any atom is -0.306 e. The summed E-state index contributed by atoms with van der Waals surface area (Å²) in [5, 5.41) is 0. The molecule has 9 atom stereocenters. The normalized spacial score (nSPS) is 47.1. The van der Waals surface area contributed by atoms with Crippen molar-refractivity contribution in [2.75, 3.05) is 14.1 Å². The van der Waals surface area contributed by atoms with Crippen molar-refractivity contribution in [3.05, 3.63) is 0 Å². The van der Waals surface area contributed by atoms with E-state index < -0.39 is 0 Å². The Morgan fingerprint density at radius 3 is 2.20 bits per heavy atom. The quantitative estimate of drug-likeness (QED) is 0.424. The van der Waals surface area contributed by atoms with Crippen LogP contribution in [0.15, 0.2) is 0 Å². The summed E-state index contributed by atoms with van der Waals surface area (Å²) in [6.07, 6.45) is 18.0. The molecule has 0 N–H and O–H groups in total. The maximum Gasteiger partial charge on any atom is 0.00922 e. The van der Waals surface area contributed by atoms with Crippen molar-refractivity contribution >= 4 is 0 Å². The third-order valence-corrected chi connectivity index (χ3v) is 11.6. The molecule has 1 heteroatoms. The number of nitrogens with zero attached hydrogens (tertiary/aromatic N) is 1. The average molecular weight is 416 g/mol. The van der Waals surface area contributed by atoms with Gasteiger partial charge in [0.2, 0.25) is 0 Å². The Morgan fingerprint density at radius 1 is 0.800 bits per heavy atom. The second-order valence-corrected chi connectivity index (χ2v) is 13.6. The van der Waals surface area contributed by atoms with E-state index in [1.807, 2.05) is 0 Å². The van der Waals surface area contributed by atoms with Gasteiger partial charge in [-0.2, -0.15) is 0 Å². The Kier molecular flexibility index (Phi) is 6.72. The number of hydrogen-bond donors (Lipinski definition) is 0. The maximum atomic E-state index is 2.75. The predicted octanol–water partition coefficient (Wildman–Crippen LogP) is 8.04. The lowest BCUT2D eigenvalue weighted by Crippen LogP contribution is -2.55. The van der Waals surface area contributed by atoms with E-state index in [4.69, 9.17) is 0 Å². The molecule has 0 aromatic heterocycles. The van der Waals surface area contributed by atoms with E-state index in [1.54, 1.807) is 19.3 Å². The van der Waals surface area contributed by atoms with Gasteiger partial charge in [0.25, 0.3) is 0 Å².